The number of carbonyl (C=O) groups is 2. The largest absolute Gasteiger partial charge is 0.495 e. The van der Waals surface area contributed by atoms with Crippen molar-refractivity contribution in [2.75, 3.05) is 24.4 Å². The first-order valence-corrected chi connectivity index (χ1v) is 8.42. The first-order valence-electron chi connectivity index (χ1n) is 8.42. The van der Waals surface area contributed by atoms with Crippen molar-refractivity contribution in [3.05, 3.63) is 60.7 Å². The molecular formula is C21H20N2O4. The third-order valence-corrected chi connectivity index (χ3v) is 3.88. The maximum Gasteiger partial charge on any atom is 0.262 e. The maximum atomic E-state index is 12.2. The summed E-state index contributed by atoms with van der Waals surface area (Å²) < 4.78 is 10.8. The fourth-order valence-electron chi connectivity index (χ4n) is 2.68. The van der Waals surface area contributed by atoms with Crippen LogP contribution in [0.5, 0.6) is 11.5 Å². The van der Waals surface area contributed by atoms with Gasteiger partial charge in [-0.2, -0.15) is 0 Å². The minimum Gasteiger partial charge on any atom is -0.495 e. The Morgan fingerprint density at radius 1 is 0.926 bits per heavy atom. The van der Waals surface area contributed by atoms with Gasteiger partial charge in [0.25, 0.3) is 5.91 Å². The van der Waals surface area contributed by atoms with Gasteiger partial charge in [0.2, 0.25) is 5.91 Å². The average Bonchev–Trinajstić information content (AvgIpc) is 2.66. The topological polar surface area (TPSA) is 76.7 Å². The SMILES string of the molecule is COc1ccc(NC(=O)COc2ccc3ccccc3c2)cc1NC(C)=O. The van der Waals surface area contributed by atoms with Crippen LogP contribution in [0.15, 0.2) is 60.7 Å². The second kappa shape index (κ2) is 8.23. The summed E-state index contributed by atoms with van der Waals surface area (Å²) >= 11 is 0. The molecule has 0 aliphatic heterocycles. The Kier molecular flexibility index (Phi) is 5.56. The summed E-state index contributed by atoms with van der Waals surface area (Å²) in [6.07, 6.45) is 0. The number of hydrogen-bond donors (Lipinski definition) is 2. The third kappa shape index (κ3) is 4.76. The summed E-state index contributed by atoms with van der Waals surface area (Å²) in [5, 5.41) is 7.57. The molecule has 0 aliphatic carbocycles. The molecule has 0 radical (unpaired) electrons. The molecular weight excluding hydrogens is 344 g/mol. The molecule has 0 spiro atoms. The third-order valence-electron chi connectivity index (χ3n) is 3.88. The van der Waals surface area contributed by atoms with Crippen LogP contribution in [0.4, 0.5) is 11.4 Å². The zero-order chi connectivity index (χ0) is 19.2. The van der Waals surface area contributed by atoms with E-state index in [1.165, 1.54) is 14.0 Å². The summed E-state index contributed by atoms with van der Waals surface area (Å²) in [7, 11) is 1.51. The molecule has 3 aromatic rings. The van der Waals surface area contributed by atoms with Crippen LogP contribution in [0.2, 0.25) is 0 Å². The van der Waals surface area contributed by atoms with Gasteiger partial charge < -0.3 is 20.1 Å². The molecule has 0 heterocycles. The van der Waals surface area contributed by atoms with E-state index in [1.54, 1.807) is 18.2 Å². The summed E-state index contributed by atoms with van der Waals surface area (Å²) in [4.78, 5) is 23.5. The van der Waals surface area contributed by atoms with Crippen LogP contribution in [0, 0.1) is 0 Å². The summed E-state index contributed by atoms with van der Waals surface area (Å²) in [6, 6.07) is 18.6. The molecule has 0 atom stereocenters. The number of fused-ring (bicyclic) bond motifs is 1. The minimum atomic E-state index is -0.304. The van der Waals surface area contributed by atoms with Crippen molar-refractivity contribution < 1.29 is 19.1 Å². The number of rotatable bonds is 6. The molecule has 0 saturated carbocycles. The van der Waals surface area contributed by atoms with Crippen LogP contribution in [-0.4, -0.2) is 25.5 Å². The smallest absolute Gasteiger partial charge is 0.262 e. The van der Waals surface area contributed by atoms with E-state index in [2.05, 4.69) is 10.6 Å². The van der Waals surface area contributed by atoms with Gasteiger partial charge in [0, 0.05) is 12.6 Å². The summed E-state index contributed by atoms with van der Waals surface area (Å²) in [6.45, 7) is 1.28. The standard InChI is InChI=1S/C21H20N2O4/c1-14(24)22-19-12-17(8-10-20(19)26-2)23-21(25)13-27-18-9-7-15-5-3-4-6-16(15)11-18/h3-12H,13H2,1-2H3,(H,22,24)(H,23,25). The van der Waals surface area contributed by atoms with Crippen LogP contribution >= 0.6 is 0 Å². The van der Waals surface area contributed by atoms with Crippen LogP contribution < -0.4 is 20.1 Å². The van der Waals surface area contributed by atoms with E-state index in [0.29, 0.717) is 22.9 Å². The molecule has 0 unspecified atom stereocenters. The molecule has 2 N–H and O–H groups in total. The van der Waals surface area contributed by atoms with E-state index in [-0.39, 0.29) is 18.4 Å². The van der Waals surface area contributed by atoms with Gasteiger partial charge in [-0.15, -0.1) is 0 Å². The lowest BCUT2D eigenvalue weighted by molar-refractivity contribution is -0.118. The molecule has 3 aromatic carbocycles. The van der Waals surface area contributed by atoms with Crippen molar-refractivity contribution in [3.63, 3.8) is 0 Å². The first kappa shape index (κ1) is 18.3. The monoisotopic (exact) mass is 364 g/mol. The van der Waals surface area contributed by atoms with Crippen molar-refractivity contribution in [3.8, 4) is 11.5 Å². The fraction of sp³-hybridized carbons (Fsp3) is 0.143. The Bertz CT molecular complexity index is 985. The number of anilines is 2. The van der Waals surface area contributed by atoms with Gasteiger partial charge in [-0.05, 0) is 41.1 Å². The molecule has 6 nitrogen and oxygen atoms in total. The molecule has 2 amide bonds. The average molecular weight is 364 g/mol. The Morgan fingerprint density at radius 3 is 2.44 bits per heavy atom. The number of amides is 2. The highest BCUT2D eigenvalue weighted by molar-refractivity contribution is 5.95. The molecule has 0 fully saturated rings. The van der Waals surface area contributed by atoms with Crippen LogP contribution in [-0.2, 0) is 9.59 Å². The van der Waals surface area contributed by atoms with Crippen molar-refractivity contribution in [1.82, 2.24) is 0 Å². The highest BCUT2D eigenvalue weighted by Crippen LogP contribution is 2.28. The van der Waals surface area contributed by atoms with Crippen LogP contribution in [0.1, 0.15) is 6.92 Å². The highest BCUT2D eigenvalue weighted by atomic mass is 16.5. The van der Waals surface area contributed by atoms with Crippen molar-refractivity contribution >= 4 is 34.0 Å². The van der Waals surface area contributed by atoms with Crippen molar-refractivity contribution in [1.29, 1.82) is 0 Å². The van der Waals surface area contributed by atoms with E-state index in [1.807, 2.05) is 42.5 Å². The molecule has 27 heavy (non-hydrogen) atoms. The van der Waals surface area contributed by atoms with E-state index >= 15 is 0 Å². The lowest BCUT2D eigenvalue weighted by Gasteiger charge is -2.12. The van der Waals surface area contributed by atoms with E-state index in [0.717, 1.165) is 10.8 Å². The predicted molar refractivity (Wildman–Crippen MR) is 105 cm³/mol. The molecule has 6 heteroatoms. The lowest BCUT2D eigenvalue weighted by atomic mass is 10.1. The van der Waals surface area contributed by atoms with Gasteiger partial charge >= 0.3 is 0 Å². The normalized spacial score (nSPS) is 10.3. The van der Waals surface area contributed by atoms with E-state index in [9.17, 15) is 9.59 Å². The summed E-state index contributed by atoms with van der Waals surface area (Å²) in [5.74, 6) is 0.603. The Hall–Kier alpha value is -3.54. The number of hydrogen-bond acceptors (Lipinski definition) is 4. The number of benzene rings is 3. The molecule has 0 bridgehead atoms. The van der Waals surface area contributed by atoms with Crippen LogP contribution in [0.25, 0.3) is 10.8 Å². The number of methoxy groups -OCH3 is 1. The zero-order valence-electron chi connectivity index (χ0n) is 15.1. The second-order valence-electron chi connectivity index (χ2n) is 5.94. The Balaban J connectivity index is 1.63. The highest BCUT2D eigenvalue weighted by Gasteiger charge is 2.09. The lowest BCUT2D eigenvalue weighted by Crippen LogP contribution is -2.20. The van der Waals surface area contributed by atoms with Gasteiger partial charge in [-0.25, -0.2) is 0 Å². The summed E-state index contributed by atoms with van der Waals surface area (Å²) in [5.41, 5.74) is 1.02. The molecule has 138 valence electrons. The van der Waals surface area contributed by atoms with Gasteiger partial charge in [-0.1, -0.05) is 30.3 Å². The number of nitrogens with one attached hydrogen (secondary N) is 2. The van der Waals surface area contributed by atoms with Crippen molar-refractivity contribution in [2.24, 2.45) is 0 Å². The molecule has 0 aliphatic rings. The Morgan fingerprint density at radius 2 is 1.70 bits per heavy atom. The fourth-order valence-corrected chi connectivity index (χ4v) is 2.68. The number of ether oxygens (including phenoxy) is 2. The molecule has 0 saturated heterocycles. The van der Waals surface area contributed by atoms with Gasteiger partial charge in [0.1, 0.15) is 11.5 Å². The zero-order valence-corrected chi connectivity index (χ0v) is 15.1. The van der Waals surface area contributed by atoms with Gasteiger partial charge in [0.05, 0.1) is 12.8 Å². The molecule has 3 rings (SSSR count). The van der Waals surface area contributed by atoms with Gasteiger partial charge in [-0.3, -0.25) is 9.59 Å². The predicted octanol–water partition coefficient (Wildman–Crippen LogP) is 3.82. The van der Waals surface area contributed by atoms with Gasteiger partial charge in [0.15, 0.2) is 6.61 Å². The minimum absolute atomic E-state index is 0.125. The first-order chi connectivity index (χ1) is 13.0. The molecule has 0 aromatic heterocycles. The van der Waals surface area contributed by atoms with Crippen LogP contribution in [0.3, 0.4) is 0 Å². The number of carbonyl (C=O) groups excluding carboxylic acids is 2. The second-order valence-corrected chi connectivity index (χ2v) is 5.94. The quantitative estimate of drug-likeness (QED) is 0.697. The maximum absolute atomic E-state index is 12.2. The van der Waals surface area contributed by atoms with E-state index < -0.39 is 0 Å². The Labute approximate surface area is 157 Å². The van der Waals surface area contributed by atoms with Crippen molar-refractivity contribution in [2.45, 2.75) is 6.92 Å². The van der Waals surface area contributed by atoms with E-state index in [4.69, 9.17) is 9.47 Å².